The van der Waals surface area contributed by atoms with E-state index in [1.54, 1.807) is 0 Å². The Balaban J connectivity index is 2.21. The quantitative estimate of drug-likeness (QED) is 0.616. The van der Waals surface area contributed by atoms with Gasteiger partial charge in [0.2, 0.25) is 0 Å². The van der Waals surface area contributed by atoms with Gasteiger partial charge in [0.05, 0.1) is 5.56 Å². The number of nitrogen functional groups attached to an aromatic ring is 1. The van der Waals surface area contributed by atoms with E-state index in [0.29, 0.717) is 11.6 Å². The summed E-state index contributed by atoms with van der Waals surface area (Å²) in [6, 6.07) is 14.0. The summed E-state index contributed by atoms with van der Waals surface area (Å²) in [5.41, 5.74) is 9.89. The normalized spacial score (nSPS) is 10.8. The molecule has 0 fully saturated rings. The third-order valence-corrected chi connectivity index (χ3v) is 4.32. The molecule has 5 heteroatoms. The first kappa shape index (κ1) is 14.4. The maximum atomic E-state index is 6.01. The zero-order chi connectivity index (χ0) is 15.0. The molecule has 0 bridgehead atoms. The molecule has 1 heterocycles. The maximum absolute atomic E-state index is 6.01. The SMILES string of the molecule is Cc1ccc(Br)cc1-c1onc(N)c1-c1ccc(Br)cc1. The fraction of sp³-hybridized carbons (Fsp3) is 0.0625. The summed E-state index contributed by atoms with van der Waals surface area (Å²) >= 11 is 6.93. The molecule has 0 saturated carbocycles. The number of aromatic nitrogens is 1. The number of hydrogen-bond donors (Lipinski definition) is 1. The monoisotopic (exact) mass is 406 g/mol. The molecule has 0 aliphatic carbocycles. The Kier molecular flexibility index (Phi) is 3.87. The summed E-state index contributed by atoms with van der Waals surface area (Å²) in [6.45, 7) is 2.03. The van der Waals surface area contributed by atoms with Crippen LogP contribution in [0, 0.1) is 6.92 Å². The third kappa shape index (κ3) is 2.76. The summed E-state index contributed by atoms with van der Waals surface area (Å²) in [7, 11) is 0. The van der Waals surface area contributed by atoms with Crippen molar-refractivity contribution in [1.29, 1.82) is 0 Å². The van der Waals surface area contributed by atoms with Crippen molar-refractivity contribution < 1.29 is 4.52 Å². The summed E-state index contributed by atoms with van der Waals surface area (Å²) in [5, 5.41) is 3.94. The average molecular weight is 408 g/mol. The summed E-state index contributed by atoms with van der Waals surface area (Å²) in [5.74, 6) is 1.08. The molecule has 1 aromatic heterocycles. The van der Waals surface area contributed by atoms with Crippen LogP contribution in [0.4, 0.5) is 5.82 Å². The van der Waals surface area contributed by atoms with E-state index in [1.165, 1.54) is 0 Å². The van der Waals surface area contributed by atoms with Crippen LogP contribution in [-0.4, -0.2) is 5.16 Å². The summed E-state index contributed by atoms with van der Waals surface area (Å²) in [4.78, 5) is 0. The molecular weight excluding hydrogens is 396 g/mol. The second-order valence-electron chi connectivity index (χ2n) is 4.74. The van der Waals surface area contributed by atoms with Gasteiger partial charge in [-0.15, -0.1) is 0 Å². The number of aryl methyl sites for hydroxylation is 1. The van der Waals surface area contributed by atoms with Crippen LogP contribution in [0.25, 0.3) is 22.5 Å². The van der Waals surface area contributed by atoms with Crippen molar-refractivity contribution in [3.63, 3.8) is 0 Å². The first-order valence-corrected chi connectivity index (χ1v) is 7.92. The molecule has 2 N–H and O–H groups in total. The minimum atomic E-state index is 0.395. The van der Waals surface area contributed by atoms with Gasteiger partial charge >= 0.3 is 0 Å². The second kappa shape index (κ2) is 5.66. The largest absolute Gasteiger partial charge is 0.380 e. The number of halogens is 2. The summed E-state index contributed by atoms with van der Waals surface area (Å²) in [6.07, 6.45) is 0. The maximum Gasteiger partial charge on any atom is 0.177 e. The number of hydrogen-bond acceptors (Lipinski definition) is 3. The molecule has 0 spiro atoms. The Morgan fingerprint density at radius 2 is 1.67 bits per heavy atom. The molecule has 0 radical (unpaired) electrons. The van der Waals surface area contributed by atoms with Crippen molar-refractivity contribution >= 4 is 37.7 Å². The predicted molar refractivity (Wildman–Crippen MR) is 91.9 cm³/mol. The van der Waals surface area contributed by atoms with Crippen LogP contribution < -0.4 is 5.73 Å². The fourth-order valence-corrected chi connectivity index (χ4v) is 2.85. The van der Waals surface area contributed by atoms with Gasteiger partial charge in [0.25, 0.3) is 0 Å². The van der Waals surface area contributed by atoms with E-state index in [2.05, 4.69) is 37.0 Å². The zero-order valence-corrected chi connectivity index (χ0v) is 14.4. The average Bonchev–Trinajstić information content (AvgIpc) is 2.84. The van der Waals surface area contributed by atoms with Gasteiger partial charge in [-0.1, -0.05) is 55.2 Å². The molecule has 21 heavy (non-hydrogen) atoms. The number of rotatable bonds is 2. The lowest BCUT2D eigenvalue weighted by Crippen LogP contribution is -1.90. The van der Waals surface area contributed by atoms with Gasteiger partial charge in [-0.25, -0.2) is 0 Å². The van der Waals surface area contributed by atoms with E-state index < -0.39 is 0 Å². The second-order valence-corrected chi connectivity index (χ2v) is 6.57. The Bertz CT molecular complexity index is 795. The smallest absolute Gasteiger partial charge is 0.177 e. The number of benzene rings is 2. The molecular formula is C16H12Br2N2O. The molecule has 2 aromatic carbocycles. The Hall–Kier alpha value is -1.59. The van der Waals surface area contributed by atoms with Crippen LogP contribution >= 0.6 is 31.9 Å². The van der Waals surface area contributed by atoms with Gasteiger partial charge in [0.1, 0.15) is 0 Å². The van der Waals surface area contributed by atoms with E-state index in [9.17, 15) is 0 Å². The predicted octanol–water partition coefficient (Wildman–Crippen LogP) is 5.42. The van der Waals surface area contributed by atoms with Gasteiger partial charge in [-0.3, -0.25) is 0 Å². The lowest BCUT2D eigenvalue weighted by atomic mass is 9.99. The van der Waals surface area contributed by atoms with Crippen LogP contribution in [0.15, 0.2) is 55.9 Å². The van der Waals surface area contributed by atoms with Crippen LogP contribution in [0.3, 0.4) is 0 Å². The Morgan fingerprint density at radius 3 is 2.38 bits per heavy atom. The van der Waals surface area contributed by atoms with Crippen LogP contribution in [0.1, 0.15) is 5.56 Å². The molecule has 0 atom stereocenters. The molecule has 3 aromatic rings. The lowest BCUT2D eigenvalue weighted by Gasteiger charge is -2.06. The van der Waals surface area contributed by atoms with Gasteiger partial charge in [-0.2, -0.15) is 0 Å². The van der Waals surface area contributed by atoms with Crippen molar-refractivity contribution in [2.75, 3.05) is 5.73 Å². The van der Waals surface area contributed by atoms with Crippen molar-refractivity contribution in [3.05, 3.63) is 57.0 Å². The number of nitrogens with two attached hydrogens (primary N) is 1. The van der Waals surface area contributed by atoms with Gasteiger partial charge in [0.15, 0.2) is 11.6 Å². The Morgan fingerprint density at radius 1 is 1.00 bits per heavy atom. The van der Waals surface area contributed by atoms with Gasteiger partial charge in [-0.05, 0) is 42.3 Å². The standard InChI is InChI=1S/C16H12Br2N2O/c1-9-2-5-12(18)8-13(9)15-14(16(19)20-21-15)10-3-6-11(17)7-4-10/h2-8H,1H3,(H2,19,20). The highest BCUT2D eigenvalue weighted by atomic mass is 79.9. The van der Waals surface area contributed by atoms with Crippen molar-refractivity contribution in [2.24, 2.45) is 0 Å². The Labute approximate surface area is 139 Å². The van der Waals surface area contributed by atoms with E-state index >= 15 is 0 Å². The van der Waals surface area contributed by atoms with E-state index in [4.69, 9.17) is 10.3 Å². The van der Waals surface area contributed by atoms with E-state index in [1.807, 2.05) is 49.4 Å². The summed E-state index contributed by atoms with van der Waals surface area (Å²) < 4.78 is 7.50. The minimum Gasteiger partial charge on any atom is -0.380 e. The number of anilines is 1. The van der Waals surface area contributed by atoms with Crippen molar-refractivity contribution in [1.82, 2.24) is 5.16 Å². The van der Waals surface area contributed by atoms with E-state index in [0.717, 1.165) is 31.2 Å². The highest BCUT2D eigenvalue weighted by molar-refractivity contribution is 9.10. The topological polar surface area (TPSA) is 52.0 Å². The molecule has 0 saturated heterocycles. The first-order valence-electron chi connectivity index (χ1n) is 6.34. The molecule has 106 valence electrons. The highest BCUT2D eigenvalue weighted by Crippen LogP contribution is 2.39. The van der Waals surface area contributed by atoms with Gasteiger partial charge in [0, 0.05) is 14.5 Å². The zero-order valence-electron chi connectivity index (χ0n) is 11.2. The van der Waals surface area contributed by atoms with Crippen molar-refractivity contribution in [2.45, 2.75) is 6.92 Å². The fourth-order valence-electron chi connectivity index (χ4n) is 2.22. The minimum absolute atomic E-state index is 0.395. The lowest BCUT2D eigenvalue weighted by molar-refractivity contribution is 0.436. The van der Waals surface area contributed by atoms with Crippen LogP contribution in [0.5, 0.6) is 0 Å². The highest BCUT2D eigenvalue weighted by Gasteiger charge is 2.19. The van der Waals surface area contributed by atoms with Crippen molar-refractivity contribution in [3.8, 4) is 22.5 Å². The third-order valence-electron chi connectivity index (χ3n) is 3.30. The molecule has 0 amide bonds. The molecule has 0 aliphatic rings. The van der Waals surface area contributed by atoms with Crippen LogP contribution in [0.2, 0.25) is 0 Å². The van der Waals surface area contributed by atoms with Crippen LogP contribution in [-0.2, 0) is 0 Å². The molecule has 0 aliphatic heterocycles. The molecule has 3 rings (SSSR count). The first-order chi connectivity index (χ1) is 10.1. The van der Waals surface area contributed by atoms with Gasteiger partial charge < -0.3 is 10.3 Å². The molecule has 3 nitrogen and oxygen atoms in total. The number of nitrogens with zero attached hydrogens (tertiary/aromatic N) is 1. The van der Waals surface area contributed by atoms with E-state index in [-0.39, 0.29) is 0 Å². The molecule has 0 unspecified atom stereocenters.